The molecule has 0 saturated heterocycles. The molecule has 1 aromatic rings. The van der Waals surface area contributed by atoms with Crippen LogP contribution in [0.25, 0.3) is 0 Å². The lowest BCUT2D eigenvalue weighted by Gasteiger charge is -2.30. The number of carboxylic acids is 1. The average molecular weight is 278 g/mol. The lowest BCUT2D eigenvalue weighted by atomic mass is 9.78. The summed E-state index contributed by atoms with van der Waals surface area (Å²) in [5.41, 5.74) is 2.60. The van der Waals surface area contributed by atoms with Crippen molar-refractivity contribution in [1.82, 2.24) is 10.6 Å². The van der Waals surface area contributed by atoms with Crippen LogP contribution in [0.4, 0.5) is 4.79 Å². The quantitative estimate of drug-likeness (QED) is 0.607. The first-order valence-electron chi connectivity index (χ1n) is 6.58. The zero-order chi connectivity index (χ0) is 14.5. The van der Waals surface area contributed by atoms with E-state index in [1.807, 2.05) is 12.1 Å². The predicted molar refractivity (Wildman–Crippen MR) is 72.5 cm³/mol. The molecule has 0 aromatic heterocycles. The Morgan fingerprint density at radius 1 is 1.30 bits per heavy atom. The number of carbonyl (C=O) groups excluding carboxylic acids is 1. The van der Waals surface area contributed by atoms with Crippen molar-refractivity contribution in [2.75, 3.05) is 13.1 Å². The summed E-state index contributed by atoms with van der Waals surface area (Å²) in [6.45, 7) is 0.685. The van der Waals surface area contributed by atoms with Crippen LogP contribution in [0.3, 0.4) is 0 Å². The number of amides is 2. The number of hydrogen-bond donors (Lipinski definition) is 4. The molecule has 0 saturated carbocycles. The fourth-order valence-corrected chi connectivity index (χ4v) is 2.27. The van der Waals surface area contributed by atoms with E-state index in [-0.39, 0.29) is 19.0 Å². The molecule has 20 heavy (non-hydrogen) atoms. The van der Waals surface area contributed by atoms with Gasteiger partial charge in [0, 0.05) is 25.4 Å². The normalized spacial score (nSPS) is 17.6. The number of benzene rings is 1. The lowest BCUT2D eigenvalue weighted by molar-refractivity contribution is -0.146. The maximum atomic E-state index is 11.5. The molecule has 0 bridgehead atoms. The van der Waals surface area contributed by atoms with Gasteiger partial charge in [-0.25, -0.2) is 9.59 Å². The zero-order valence-corrected chi connectivity index (χ0v) is 11.0. The third kappa shape index (κ3) is 3.48. The maximum Gasteiger partial charge on any atom is 0.332 e. The van der Waals surface area contributed by atoms with Crippen molar-refractivity contribution in [1.29, 1.82) is 0 Å². The minimum Gasteiger partial charge on any atom is -0.479 e. The topological polar surface area (TPSA) is 98.7 Å². The first-order chi connectivity index (χ1) is 9.58. The number of urea groups is 1. The third-order valence-electron chi connectivity index (χ3n) is 3.46. The largest absolute Gasteiger partial charge is 0.479 e. The molecule has 0 spiro atoms. The Morgan fingerprint density at radius 2 is 2.05 bits per heavy atom. The molecule has 2 rings (SSSR count). The maximum absolute atomic E-state index is 11.5. The van der Waals surface area contributed by atoms with Crippen molar-refractivity contribution in [2.24, 2.45) is 0 Å². The second kappa shape index (κ2) is 6.38. The Kier molecular flexibility index (Phi) is 4.57. The van der Waals surface area contributed by atoms with E-state index in [0.717, 1.165) is 6.42 Å². The highest BCUT2D eigenvalue weighted by molar-refractivity contribution is 5.74. The van der Waals surface area contributed by atoms with Gasteiger partial charge in [0.2, 0.25) is 0 Å². The highest BCUT2D eigenvalue weighted by Crippen LogP contribution is 2.33. The number of nitrogens with one attached hydrogen (secondary N) is 2. The monoisotopic (exact) mass is 278 g/mol. The molecule has 1 aromatic carbocycles. The molecule has 2 atom stereocenters. The fourth-order valence-electron chi connectivity index (χ4n) is 2.27. The molecule has 6 nitrogen and oxygen atoms in total. The molecule has 0 radical (unpaired) electrons. The van der Waals surface area contributed by atoms with Crippen molar-refractivity contribution in [3.05, 3.63) is 35.4 Å². The van der Waals surface area contributed by atoms with E-state index in [1.165, 1.54) is 11.1 Å². The summed E-state index contributed by atoms with van der Waals surface area (Å²) in [6.07, 6.45) is -0.475. The molecular weight excluding hydrogens is 260 g/mol. The summed E-state index contributed by atoms with van der Waals surface area (Å²) >= 11 is 0. The van der Waals surface area contributed by atoms with E-state index in [2.05, 4.69) is 22.8 Å². The van der Waals surface area contributed by atoms with Crippen LogP contribution in [-0.2, 0) is 11.2 Å². The van der Waals surface area contributed by atoms with E-state index in [0.29, 0.717) is 12.5 Å². The number of carbonyl (C=O) groups is 2. The van der Waals surface area contributed by atoms with Gasteiger partial charge in [0.25, 0.3) is 0 Å². The summed E-state index contributed by atoms with van der Waals surface area (Å²) in [4.78, 5) is 21.9. The highest BCUT2D eigenvalue weighted by Gasteiger charge is 2.25. The Morgan fingerprint density at radius 3 is 2.75 bits per heavy atom. The van der Waals surface area contributed by atoms with Crippen LogP contribution < -0.4 is 10.6 Å². The smallest absolute Gasteiger partial charge is 0.332 e. The number of carboxylic acid groups (broad SMARTS) is 1. The summed E-state index contributed by atoms with van der Waals surface area (Å²) in [6, 6.07) is 7.79. The first-order valence-corrected chi connectivity index (χ1v) is 6.58. The molecule has 2 unspecified atom stereocenters. The summed E-state index contributed by atoms with van der Waals surface area (Å²) in [5, 5.41) is 22.8. The Hall–Kier alpha value is -2.08. The second-order valence-electron chi connectivity index (χ2n) is 4.88. The van der Waals surface area contributed by atoms with E-state index in [4.69, 9.17) is 10.2 Å². The van der Waals surface area contributed by atoms with Gasteiger partial charge in [-0.05, 0) is 17.5 Å². The summed E-state index contributed by atoms with van der Waals surface area (Å²) < 4.78 is 0. The molecule has 1 aliphatic carbocycles. The Bertz CT molecular complexity index is 504. The first kappa shape index (κ1) is 14.3. The summed E-state index contributed by atoms with van der Waals surface area (Å²) in [5.74, 6) is -0.931. The summed E-state index contributed by atoms with van der Waals surface area (Å²) in [7, 11) is 0. The van der Waals surface area contributed by atoms with Crippen LogP contribution in [0.15, 0.2) is 24.3 Å². The van der Waals surface area contributed by atoms with Crippen LogP contribution in [-0.4, -0.2) is 41.4 Å². The Balaban J connectivity index is 1.63. The zero-order valence-electron chi connectivity index (χ0n) is 11.0. The predicted octanol–water partition coefficient (Wildman–Crippen LogP) is 0.461. The number of aliphatic carboxylic acids is 1. The van der Waals surface area contributed by atoms with Gasteiger partial charge in [-0.3, -0.25) is 0 Å². The highest BCUT2D eigenvalue weighted by atomic mass is 16.4. The molecule has 6 heteroatoms. The number of aliphatic hydroxyl groups excluding tert-OH is 1. The SMILES string of the molecule is O=C(NCCC(O)C(=O)O)NCC1Cc2ccccc21. The van der Waals surface area contributed by atoms with Crippen LogP contribution in [0.5, 0.6) is 0 Å². The van der Waals surface area contributed by atoms with Crippen LogP contribution in [0.1, 0.15) is 23.5 Å². The minimum absolute atomic E-state index is 0.00495. The number of fused-ring (bicyclic) bond motifs is 1. The van der Waals surface area contributed by atoms with Gasteiger partial charge in [-0.2, -0.15) is 0 Å². The van der Waals surface area contributed by atoms with Crippen LogP contribution in [0.2, 0.25) is 0 Å². The minimum atomic E-state index is -1.44. The van der Waals surface area contributed by atoms with Crippen molar-refractivity contribution in [2.45, 2.75) is 24.9 Å². The van der Waals surface area contributed by atoms with Crippen molar-refractivity contribution in [3.63, 3.8) is 0 Å². The van der Waals surface area contributed by atoms with Gasteiger partial charge >= 0.3 is 12.0 Å². The van der Waals surface area contributed by atoms with E-state index < -0.39 is 12.1 Å². The van der Waals surface area contributed by atoms with Crippen LogP contribution in [0, 0.1) is 0 Å². The molecule has 108 valence electrons. The van der Waals surface area contributed by atoms with Gasteiger partial charge in [0.1, 0.15) is 0 Å². The van der Waals surface area contributed by atoms with Gasteiger partial charge in [0.05, 0.1) is 0 Å². The molecule has 0 heterocycles. The molecule has 4 N–H and O–H groups in total. The van der Waals surface area contributed by atoms with Crippen molar-refractivity contribution < 1.29 is 19.8 Å². The van der Waals surface area contributed by atoms with Gasteiger partial charge in [-0.1, -0.05) is 24.3 Å². The van der Waals surface area contributed by atoms with E-state index >= 15 is 0 Å². The molecule has 0 fully saturated rings. The number of aliphatic hydroxyl groups is 1. The van der Waals surface area contributed by atoms with Crippen LogP contribution >= 0.6 is 0 Å². The standard InChI is InChI=1S/C14H18N2O4/c17-12(13(18)19)5-6-15-14(20)16-8-10-7-9-3-1-2-4-11(9)10/h1-4,10,12,17H,5-8H2,(H,18,19)(H2,15,16,20). The average Bonchev–Trinajstić information content (AvgIpc) is 2.39. The van der Waals surface area contributed by atoms with Gasteiger partial charge in [0.15, 0.2) is 6.10 Å². The molecule has 0 aliphatic heterocycles. The number of rotatable bonds is 6. The van der Waals surface area contributed by atoms with E-state index in [9.17, 15) is 9.59 Å². The fraction of sp³-hybridized carbons (Fsp3) is 0.429. The van der Waals surface area contributed by atoms with Gasteiger partial charge in [-0.15, -0.1) is 0 Å². The van der Waals surface area contributed by atoms with Gasteiger partial charge < -0.3 is 20.8 Å². The number of hydrogen-bond acceptors (Lipinski definition) is 3. The second-order valence-corrected chi connectivity index (χ2v) is 4.88. The molecule has 2 amide bonds. The van der Waals surface area contributed by atoms with Crippen molar-refractivity contribution >= 4 is 12.0 Å². The Labute approximate surface area is 116 Å². The van der Waals surface area contributed by atoms with Crippen molar-refractivity contribution in [3.8, 4) is 0 Å². The lowest BCUT2D eigenvalue weighted by Crippen LogP contribution is -2.41. The molecular formula is C14H18N2O4. The third-order valence-corrected chi connectivity index (χ3v) is 3.46. The van der Waals surface area contributed by atoms with E-state index in [1.54, 1.807) is 0 Å². The molecule has 1 aliphatic rings.